The second-order valence-corrected chi connectivity index (χ2v) is 3.02. The van der Waals surface area contributed by atoms with Crippen LogP contribution in [0, 0.1) is 6.92 Å². The summed E-state index contributed by atoms with van der Waals surface area (Å²) in [6, 6.07) is 0. The minimum atomic E-state index is -0.0353. The van der Waals surface area contributed by atoms with Gasteiger partial charge in [-0.1, -0.05) is 0 Å². The van der Waals surface area contributed by atoms with Crippen molar-refractivity contribution in [1.82, 2.24) is 9.97 Å². The minimum absolute atomic E-state index is 0.0353. The van der Waals surface area contributed by atoms with E-state index in [0.29, 0.717) is 0 Å². The van der Waals surface area contributed by atoms with E-state index in [1.54, 1.807) is 6.92 Å². The van der Waals surface area contributed by atoms with Crippen LogP contribution in [0.2, 0.25) is 0 Å². The molecule has 1 aliphatic rings. The van der Waals surface area contributed by atoms with Crippen molar-refractivity contribution in [3.8, 4) is 0 Å². The molecule has 12 heavy (non-hydrogen) atoms. The van der Waals surface area contributed by atoms with Crippen LogP contribution in [0.1, 0.15) is 12.0 Å². The number of anilines is 1. The molecule has 1 N–H and O–H groups in total. The van der Waals surface area contributed by atoms with Crippen molar-refractivity contribution in [3.63, 3.8) is 0 Å². The van der Waals surface area contributed by atoms with Crippen LogP contribution in [0.5, 0.6) is 0 Å². The molecule has 0 spiro atoms. The normalized spacial score (nSPS) is 15.9. The second kappa shape index (κ2) is 2.62. The Morgan fingerprint density at radius 2 is 2.33 bits per heavy atom. The van der Waals surface area contributed by atoms with Gasteiger partial charge in [-0.05, 0) is 13.3 Å². The minimum Gasteiger partial charge on any atom is -0.356 e. The Morgan fingerprint density at radius 1 is 1.58 bits per heavy atom. The lowest BCUT2D eigenvalue weighted by atomic mass is 10.2. The van der Waals surface area contributed by atoms with Gasteiger partial charge in [-0.25, -0.2) is 4.98 Å². The lowest BCUT2D eigenvalue weighted by molar-refractivity contribution is 0.606. The van der Waals surface area contributed by atoms with Gasteiger partial charge in [0.05, 0.1) is 11.9 Å². The van der Waals surface area contributed by atoms with Crippen LogP contribution in [0.4, 0.5) is 5.82 Å². The quantitative estimate of drug-likeness (QED) is 0.650. The maximum absolute atomic E-state index is 11.2. The van der Waals surface area contributed by atoms with Crippen molar-refractivity contribution < 1.29 is 0 Å². The van der Waals surface area contributed by atoms with Crippen molar-refractivity contribution in [2.75, 3.05) is 18.0 Å². The molecule has 0 radical (unpaired) electrons. The molecule has 0 unspecified atom stereocenters. The van der Waals surface area contributed by atoms with Gasteiger partial charge in [0, 0.05) is 13.1 Å². The second-order valence-electron chi connectivity index (χ2n) is 3.02. The van der Waals surface area contributed by atoms with Crippen LogP contribution in [0.25, 0.3) is 0 Å². The predicted octanol–water partition coefficient (Wildman–Crippen LogP) is 0.288. The lowest BCUT2D eigenvalue weighted by Crippen LogP contribution is -2.39. The molecule has 0 bridgehead atoms. The summed E-state index contributed by atoms with van der Waals surface area (Å²) in [5, 5.41) is 0. The number of hydrogen-bond donors (Lipinski definition) is 1. The van der Waals surface area contributed by atoms with Crippen LogP contribution < -0.4 is 10.5 Å². The number of aromatic amines is 1. The van der Waals surface area contributed by atoms with Gasteiger partial charge < -0.3 is 9.88 Å². The monoisotopic (exact) mass is 165 g/mol. The van der Waals surface area contributed by atoms with Crippen LogP contribution in [0.15, 0.2) is 11.1 Å². The third kappa shape index (κ3) is 0.995. The van der Waals surface area contributed by atoms with Gasteiger partial charge in [-0.3, -0.25) is 4.79 Å². The van der Waals surface area contributed by atoms with E-state index in [4.69, 9.17) is 0 Å². The number of H-pyrrole nitrogens is 1. The largest absolute Gasteiger partial charge is 0.356 e. The first kappa shape index (κ1) is 7.34. The van der Waals surface area contributed by atoms with E-state index in [2.05, 4.69) is 14.9 Å². The molecule has 64 valence electrons. The highest BCUT2D eigenvalue weighted by molar-refractivity contribution is 5.46. The molecular weight excluding hydrogens is 154 g/mol. The number of rotatable bonds is 1. The van der Waals surface area contributed by atoms with E-state index in [-0.39, 0.29) is 5.56 Å². The van der Waals surface area contributed by atoms with Gasteiger partial charge in [0.2, 0.25) is 0 Å². The molecule has 4 heteroatoms. The first-order chi connectivity index (χ1) is 5.79. The maximum atomic E-state index is 11.2. The molecule has 2 rings (SSSR count). The van der Waals surface area contributed by atoms with Gasteiger partial charge >= 0.3 is 0 Å². The Bertz CT molecular complexity index is 340. The predicted molar refractivity (Wildman–Crippen MR) is 46.4 cm³/mol. The molecule has 0 aromatic carbocycles. The van der Waals surface area contributed by atoms with Gasteiger partial charge in [0.15, 0.2) is 0 Å². The molecule has 2 heterocycles. The highest BCUT2D eigenvalue weighted by Crippen LogP contribution is 2.18. The number of aromatic nitrogens is 2. The highest BCUT2D eigenvalue weighted by atomic mass is 16.1. The smallest absolute Gasteiger partial charge is 0.255 e. The Morgan fingerprint density at radius 3 is 2.92 bits per heavy atom. The average Bonchev–Trinajstić information content (AvgIpc) is 1.95. The first-order valence-corrected chi connectivity index (χ1v) is 4.08. The molecular formula is C8H11N3O. The third-order valence-corrected chi connectivity index (χ3v) is 2.21. The summed E-state index contributed by atoms with van der Waals surface area (Å²) in [6.07, 6.45) is 2.66. The fraction of sp³-hybridized carbons (Fsp3) is 0.500. The summed E-state index contributed by atoms with van der Waals surface area (Å²) in [6.45, 7) is 3.86. The van der Waals surface area contributed by atoms with Crippen molar-refractivity contribution in [1.29, 1.82) is 0 Å². The molecule has 0 aliphatic carbocycles. The van der Waals surface area contributed by atoms with Gasteiger partial charge in [0.1, 0.15) is 5.82 Å². The fourth-order valence-corrected chi connectivity index (χ4v) is 1.31. The van der Waals surface area contributed by atoms with Crippen molar-refractivity contribution >= 4 is 5.82 Å². The Labute approximate surface area is 70.2 Å². The maximum Gasteiger partial charge on any atom is 0.255 e. The van der Waals surface area contributed by atoms with E-state index >= 15 is 0 Å². The fourth-order valence-electron chi connectivity index (χ4n) is 1.31. The Hall–Kier alpha value is -1.32. The van der Waals surface area contributed by atoms with Crippen LogP contribution in [0.3, 0.4) is 0 Å². The molecule has 1 fully saturated rings. The number of nitrogens with one attached hydrogen (secondary N) is 1. The molecule has 1 aliphatic heterocycles. The third-order valence-electron chi connectivity index (χ3n) is 2.21. The SMILES string of the molecule is Cc1c(N2CCC2)nc[nH]c1=O. The van der Waals surface area contributed by atoms with Crippen molar-refractivity contribution in [2.24, 2.45) is 0 Å². The van der Waals surface area contributed by atoms with Crippen LogP contribution >= 0.6 is 0 Å². The van der Waals surface area contributed by atoms with E-state index in [0.717, 1.165) is 24.5 Å². The molecule has 0 amide bonds. The topological polar surface area (TPSA) is 49.0 Å². The summed E-state index contributed by atoms with van der Waals surface area (Å²) in [7, 11) is 0. The van der Waals surface area contributed by atoms with Gasteiger partial charge in [-0.2, -0.15) is 0 Å². The van der Waals surface area contributed by atoms with Crippen LogP contribution in [-0.2, 0) is 0 Å². The van der Waals surface area contributed by atoms with E-state index in [1.165, 1.54) is 12.7 Å². The van der Waals surface area contributed by atoms with Crippen molar-refractivity contribution in [2.45, 2.75) is 13.3 Å². The highest BCUT2D eigenvalue weighted by Gasteiger charge is 2.18. The lowest BCUT2D eigenvalue weighted by Gasteiger charge is -2.32. The summed E-state index contributed by atoms with van der Waals surface area (Å²) in [5.41, 5.74) is 0.684. The van der Waals surface area contributed by atoms with Crippen LogP contribution in [-0.4, -0.2) is 23.1 Å². The molecule has 1 aromatic rings. The standard InChI is InChI=1S/C8H11N3O/c1-6-7(11-3-2-4-11)9-5-10-8(6)12/h5H,2-4H2,1H3,(H,9,10,12). The summed E-state index contributed by atoms with van der Waals surface area (Å²) in [5.74, 6) is 0.838. The zero-order valence-corrected chi connectivity index (χ0v) is 7.00. The molecule has 1 aromatic heterocycles. The zero-order chi connectivity index (χ0) is 8.55. The van der Waals surface area contributed by atoms with Gasteiger partial charge in [0.25, 0.3) is 5.56 Å². The Kier molecular flexibility index (Phi) is 1.60. The van der Waals surface area contributed by atoms with E-state index in [1.807, 2.05) is 0 Å². The summed E-state index contributed by atoms with van der Waals surface area (Å²) < 4.78 is 0. The average molecular weight is 165 g/mol. The molecule has 4 nitrogen and oxygen atoms in total. The number of hydrogen-bond acceptors (Lipinski definition) is 3. The molecule has 1 saturated heterocycles. The Balaban J connectivity index is 2.42. The van der Waals surface area contributed by atoms with E-state index < -0.39 is 0 Å². The van der Waals surface area contributed by atoms with Gasteiger partial charge in [-0.15, -0.1) is 0 Å². The summed E-state index contributed by atoms with van der Waals surface area (Å²) in [4.78, 5) is 20.0. The summed E-state index contributed by atoms with van der Waals surface area (Å²) >= 11 is 0. The van der Waals surface area contributed by atoms with E-state index in [9.17, 15) is 4.79 Å². The first-order valence-electron chi connectivity index (χ1n) is 4.08. The molecule has 0 atom stereocenters. The van der Waals surface area contributed by atoms with Crippen molar-refractivity contribution in [3.05, 3.63) is 22.2 Å². The number of nitrogens with zero attached hydrogens (tertiary/aromatic N) is 2. The molecule has 0 saturated carbocycles. The zero-order valence-electron chi connectivity index (χ0n) is 7.00.